The zero-order valence-corrected chi connectivity index (χ0v) is 24.3. The van der Waals surface area contributed by atoms with Gasteiger partial charge in [-0.3, -0.25) is 4.79 Å². The number of benzene rings is 2. The number of halogens is 1. The summed E-state index contributed by atoms with van der Waals surface area (Å²) in [6.07, 6.45) is -3.23. The molecule has 0 aliphatic carbocycles. The Morgan fingerprint density at radius 2 is 1.63 bits per heavy atom. The van der Waals surface area contributed by atoms with Crippen molar-refractivity contribution in [2.75, 3.05) is 37.7 Å². The van der Waals surface area contributed by atoms with Gasteiger partial charge in [0, 0.05) is 29.4 Å². The number of carboxylic acids is 2. The average molecular weight is 632 g/mol. The molecule has 1 aromatic heterocycles. The van der Waals surface area contributed by atoms with Gasteiger partial charge >= 0.3 is 16.8 Å². The molecule has 0 aliphatic rings. The molecule has 3 rings (SSSR count). The second-order valence-electron chi connectivity index (χ2n) is 8.74. The molecule has 0 saturated heterocycles. The predicted octanol–water partition coefficient (Wildman–Crippen LogP) is 1.40. The van der Waals surface area contributed by atoms with Crippen LogP contribution in [-0.4, -0.2) is 97.5 Å². The molecule has 0 aliphatic heterocycles. The number of aromatic nitrogens is 1. The van der Waals surface area contributed by atoms with E-state index in [0.29, 0.717) is 22.3 Å². The Hall–Kier alpha value is -2.69. The quantitative estimate of drug-likeness (QED) is 0.103. The number of H-pyrrole nitrogens is 1. The minimum Gasteiger partial charge on any atom is -0.506 e. The van der Waals surface area contributed by atoms with Crippen LogP contribution in [0.2, 0.25) is 5.02 Å². The maximum absolute atomic E-state index is 11.6. The molecular formula is C26H34ClN3O9S2. The maximum atomic E-state index is 11.6. The smallest absolute Gasteiger partial charge is 0.335 e. The van der Waals surface area contributed by atoms with Crippen LogP contribution in [0.25, 0.3) is 10.2 Å². The Kier molecular flexibility index (Phi) is 15.1. The number of aromatic hydroxyl groups is 1. The number of thioether (sulfide) groups is 1. The van der Waals surface area contributed by atoms with Crippen LogP contribution in [0.4, 0.5) is 0 Å². The summed E-state index contributed by atoms with van der Waals surface area (Å²) in [5.74, 6) is -1.47. The van der Waals surface area contributed by atoms with Gasteiger partial charge in [-0.25, -0.2) is 9.59 Å². The maximum Gasteiger partial charge on any atom is 0.335 e. The van der Waals surface area contributed by atoms with Crippen molar-refractivity contribution >= 4 is 56.9 Å². The first kappa shape index (κ1) is 34.5. The first-order valence-electron chi connectivity index (χ1n) is 12.6. The van der Waals surface area contributed by atoms with Crippen molar-refractivity contribution in [1.29, 1.82) is 0 Å². The minimum atomic E-state index is -2.27. The van der Waals surface area contributed by atoms with Crippen molar-refractivity contribution in [2.24, 2.45) is 0 Å². The molecule has 3 aromatic rings. The second-order valence-corrected chi connectivity index (χ2v) is 11.4. The number of aliphatic hydroxyl groups is 3. The van der Waals surface area contributed by atoms with Gasteiger partial charge in [0.2, 0.25) is 0 Å². The third kappa shape index (κ3) is 11.6. The molecule has 41 heavy (non-hydrogen) atoms. The summed E-state index contributed by atoms with van der Waals surface area (Å²) in [6, 6.07) is 11.1. The molecular weight excluding hydrogens is 598 g/mol. The van der Waals surface area contributed by atoms with Crippen LogP contribution in [0.1, 0.15) is 23.7 Å². The van der Waals surface area contributed by atoms with Crippen LogP contribution < -0.4 is 15.5 Å². The molecule has 2 aromatic carbocycles. The third-order valence-corrected chi connectivity index (χ3v) is 8.05. The lowest BCUT2D eigenvalue weighted by Gasteiger charge is -2.13. The van der Waals surface area contributed by atoms with Gasteiger partial charge < -0.3 is 46.3 Å². The van der Waals surface area contributed by atoms with Gasteiger partial charge in [0.25, 0.3) is 0 Å². The molecule has 0 amide bonds. The van der Waals surface area contributed by atoms with E-state index in [1.54, 1.807) is 6.07 Å². The van der Waals surface area contributed by atoms with Crippen LogP contribution in [-0.2, 0) is 16.0 Å². The molecule has 3 atom stereocenters. The zero-order valence-electron chi connectivity index (χ0n) is 22.0. The van der Waals surface area contributed by atoms with Gasteiger partial charge in [0.15, 0.2) is 12.2 Å². The number of carboxylic acid groups (broad SMARTS) is 2. The summed E-state index contributed by atoms with van der Waals surface area (Å²) in [5, 5.41) is 60.4. The normalized spacial score (nSPS) is 13.3. The Labute approximate surface area is 249 Å². The number of aliphatic hydroxyl groups excluding tert-OH is 3. The Morgan fingerprint density at radius 1 is 0.951 bits per heavy atom. The zero-order chi connectivity index (χ0) is 30.4. The van der Waals surface area contributed by atoms with Crippen molar-refractivity contribution in [3.8, 4) is 5.75 Å². The van der Waals surface area contributed by atoms with E-state index in [9.17, 15) is 24.6 Å². The van der Waals surface area contributed by atoms with E-state index in [1.165, 1.54) is 11.6 Å². The number of phenols is 1. The predicted molar refractivity (Wildman–Crippen MR) is 159 cm³/mol. The van der Waals surface area contributed by atoms with Gasteiger partial charge in [0.05, 0.1) is 10.8 Å². The van der Waals surface area contributed by atoms with Gasteiger partial charge in [0.1, 0.15) is 11.3 Å². The lowest BCUT2D eigenvalue weighted by Crippen LogP contribution is -2.39. The van der Waals surface area contributed by atoms with Crippen molar-refractivity contribution < 1.29 is 40.2 Å². The first-order valence-corrected chi connectivity index (χ1v) is 14.9. The van der Waals surface area contributed by atoms with Crippen LogP contribution >= 0.6 is 34.7 Å². The SMILES string of the molecule is O=C(O)C(O)C(O)C(=O)O.O=c1[nH]c2c(O)ccc([C@@H](O)CNCCSCCCNCCc3ccccc3Cl)c2s1. The number of fused-ring (bicyclic) bond motifs is 1. The van der Waals surface area contributed by atoms with Gasteiger partial charge in [-0.2, -0.15) is 11.8 Å². The lowest BCUT2D eigenvalue weighted by molar-refractivity contribution is -0.165. The summed E-state index contributed by atoms with van der Waals surface area (Å²) in [4.78, 5) is 33.5. The van der Waals surface area contributed by atoms with E-state index < -0.39 is 30.3 Å². The van der Waals surface area contributed by atoms with E-state index in [0.717, 1.165) is 60.3 Å². The minimum absolute atomic E-state index is 0.0204. The first-order chi connectivity index (χ1) is 19.5. The molecule has 0 fully saturated rings. The van der Waals surface area contributed by atoms with E-state index in [-0.39, 0.29) is 10.6 Å². The van der Waals surface area contributed by atoms with Crippen LogP contribution in [0.5, 0.6) is 5.75 Å². The topological polar surface area (TPSA) is 212 Å². The van der Waals surface area contributed by atoms with E-state index in [4.69, 9.17) is 32.0 Å². The molecule has 226 valence electrons. The number of thiazole rings is 1. The molecule has 9 N–H and O–H groups in total. The highest BCUT2D eigenvalue weighted by molar-refractivity contribution is 7.99. The number of phenolic OH excluding ortho intramolecular Hbond substituents is 1. The highest BCUT2D eigenvalue weighted by atomic mass is 35.5. The second kappa shape index (κ2) is 18.0. The largest absolute Gasteiger partial charge is 0.506 e. The average Bonchev–Trinajstić information content (AvgIpc) is 3.34. The molecule has 0 spiro atoms. The van der Waals surface area contributed by atoms with Crippen LogP contribution in [0.15, 0.2) is 41.2 Å². The number of hydrogen-bond acceptors (Lipinski definition) is 11. The third-order valence-electron chi connectivity index (χ3n) is 5.68. The summed E-state index contributed by atoms with van der Waals surface area (Å²) >= 11 is 9.04. The highest BCUT2D eigenvalue weighted by Crippen LogP contribution is 2.31. The van der Waals surface area contributed by atoms with Crippen molar-refractivity contribution in [2.45, 2.75) is 31.2 Å². The number of aliphatic carboxylic acids is 2. The van der Waals surface area contributed by atoms with Crippen LogP contribution in [0.3, 0.4) is 0 Å². The Balaban J connectivity index is 0.000000503. The standard InChI is InChI=1S/C22H28ClN3O3S2.C4H6O6/c23-17-5-2-1-4-15(17)8-10-24-9-3-12-30-13-11-25-14-19(28)16-6-7-18(27)20-21(16)31-22(29)26-20;5-1(3(7)8)2(6)4(9)10/h1-2,4-7,19,24-25,27-28H,3,8-14H2,(H,26,29);1-2,5-6H,(H,7,8)(H,9,10)/t19-;/m0./s1. The van der Waals surface area contributed by atoms with E-state index in [2.05, 4.69) is 21.7 Å². The van der Waals surface area contributed by atoms with Crippen LogP contribution in [0, 0.1) is 0 Å². The number of rotatable bonds is 16. The number of nitrogens with one attached hydrogen (secondary N) is 3. The highest BCUT2D eigenvalue weighted by Gasteiger charge is 2.29. The molecule has 0 bridgehead atoms. The fourth-order valence-corrected chi connectivity index (χ4v) is 5.51. The fraction of sp³-hybridized carbons (Fsp3) is 0.423. The van der Waals surface area contributed by atoms with Crippen molar-refractivity contribution in [3.63, 3.8) is 0 Å². The lowest BCUT2D eigenvalue weighted by atomic mass is 10.1. The fourth-order valence-electron chi connectivity index (χ4n) is 3.52. The summed E-state index contributed by atoms with van der Waals surface area (Å²) in [7, 11) is 0. The molecule has 15 heteroatoms. The molecule has 2 unspecified atom stereocenters. The molecule has 0 saturated carbocycles. The number of carbonyl (C=O) groups is 2. The Morgan fingerprint density at radius 3 is 2.29 bits per heavy atom. The summed E-state index contributed by atoms with van der Waals surface area (Å²) < 4.78 is 0.607. The van der Waals surface area contributed by atoms with Gasteiger partial charge in [-0.05, 0) is 49.4 Å². The van der Waals surface area contributed by atoms with Crippen molar-refractivity contribution in [1.82, 2.24) is 15.6 Å². The summed E-state index contributed by atoms with van der Waals surface area (Å²) in [5.41, 5.74) is 2.22. The monoisotopic (exact) mass is 631 g/mol. The van der Waals surface area contributed by atoms with Gasteiger partial charge in [-0.1, -0.05) is 47.2 Å². The van der Waals surface area contributed by atoms with E-state index >= 15 is 0 Å². The summed E-state index contributed by atoms with van der Waals surface area (Å²) in [6.45, 7) is 3.11. The molecule has 1 heterocycles. The van der Waals surface area contributed by atoms with Crippen molar-refractivity contribution in [3.05, 3.63) is 62.2 Å². The number of aromatic amines is 1. The molecule has 12 nitrogen and oxygen atoms in total. The van der Waals surface area contributed by atoms with Gasteiger partial charge in [-0.15, -0.1) is 0 Å². The number of hydrogen-bond donors (Lipinski definition) is 9. The Bertz CT molecular complexity index is 1300. The molecule has 0 radical (unpaired) electrons. The van der Waals surface area contributed by atoms with E-state index in [1.807, 2.05) is 30.0 Å².